The van der Waals surface area contributed by atoms with Gasteiger partial charge in [-0.3, -0.25) is 4.99 Å². The lowest BCUT2D eigenvalue weighted by molar-refractivity contribution is 0.128. The second-order valence-corrected chi connectivity index (χ2v) is 6.54. The van der Waals surface area contributed by atoms with Crippen LogP contribution in [0.5, 0.6) is 0 Å². The highest BCUT2D eigenvalue weighted by Crippen LogP contribution is 2.48. The van der Waals surface area contributed by atoms with E-state index in [1.807, 2.05) is 7.05 Å². The number of aliphatic imine (C=N–C) groups is 1. The van der Waals surface area contributed by atoms with Gasteiger partial charge < -0.3 is 15.0 Å². The van der Waals surface area contributed by atoms with Crippen LogP contribution in [0.2, 0.25) is 0 Å². The largest absolute Gasteiger partial charge is 0.382 e. The summed E-state index contributed by atoms with van der Waals surface area (Å²) in [6.45, 7) is 9.48. The molecule has 124 valence electrons. The van der Waals surface area contributed by atoms with Crippen molar-refractivity contribution in [1.29, 1.82) is 0 Å². The molecule has 0 aromatic carbocycles. The molecule has 2 rings (SSSR count). The molecule has 1 aliphatic heterocycles. The number of ether oxygens (including phenoxy) is 1. The van der Waals surface area contributed by atoms with Crippen LogP contribution in [0.3, 0.4) is 0 Å². The smallest absolute Gasteiger partial charge is 0.193 e. The van der Waals surface area contributed by atoms with Crippen LogP contribution in [0, 0.1) is 11.3 Å². The third-order valence-corrected chi connectivity index (χ3v) is 4.73. The van der Waals surface area contributed by atoms with Gasteiger partial charge in [-0.2, -0.15) is 0 Å². The average molecular weight is 409 g/mol. The summed E-state index contributed by atoms with van der Waals surface area (Å²) < 4.78 is 5.50. The maximum atomic E-state index is 5.50. The number of likely N-dealkylation sites (tertiary alicyclic amines) is 1. The quantitative estimate of drug-likeness (QED) is 0.317. The summed E-state index contributed by atoms with van der Waals surface area (Å²) in [5.41, 5.74) is 0.479. The Morgan fingerprint density at radius 1 is 1.43 bits per heavy atom. The summed E-state index contributed by atoms with van der Waals surface area (Å²) in [6.07, 6.45) is 6.49. The zero-order valence-corrected chi connectivity index (χ0v) is 16.2. The van der Waals surface area contributed by atoms with Crippen molar-refractivity contribution in [3.05, 3.63) is 0 Å². The third-order valence-electron chi connectivity index (χ3n) is 4.73. The fourth-order valence-electron chi connectivity index (χ4n) is 3.11. The van der Waals surface area contributed by atoms with E-state index in [1.54, 1.807) is 0 Å². The Hall–Kier alpha value is -0.0400. The fourth-order valence-corrected chi connectivity index (χ4v) is 3.11. The zero-order chi connectivity index (χ0) is 14.4. The second kappa shape index (κ2) is 9.18. The molecule has 1 aliphatic carbocycles. The Labute approximate surface area is 147 Å². The number of hydrogen-bond acceptors (Lipinski definition) is 2. The first kappa shape index (κ1) is 19.0. The Morgan fingerprint density at radius 3 is 2.76 bits per heavy atom. The fraction of sp³-hybridized carbons (Fsp3) is 0.938. The van der Waals surface area contributed by atoms with Crippen LogP contribution in [0.25, 0.3) is 0 Å². The van der Waals surface area contributed by atoms with Crippen molar-refractivity contribution in [3.8, 4) is 0 Å². The minimum Gasteiger partial charge on any atom is -0.382 e. The summed E-state index contributed by atoms with van der Waals surface area (Å²) >= 11 is 0. The molecule has 0 amide bonds. The lowest BCUT2D eigenvalue weighted by Gasteiger charge is -2.34. The molecule has 1 atom stereocenters. The van der Waals surface area contributed by atoms with Gasteiger partial charge in [-0.1, -0.05) is 6.92 Å². The molecule has 1 N–H and O–H groups in total. The number of rotatable bonds is 6. The van der Waals surface area contributed by atoms with Crippen LogP contribution >= 0.6 is 24.0 Å². The van der Waals surface area contributed by atoms with Crippen molar-refractivity contribution < 1.29 is 4.74 Å². The van der Waals surface area contributed by atoms with Gasteiger partial charge in [-0.05, 0) is 50.4 Å². The minimum absolute atomic E-state index is 0. The minimum atomic E-state index is 0. The van der Waals surface area contributed by atoms with Crippen molar-refractivity contribution in [2.45, 2.75) is 46.0 Å². The lowest BCUT2D eigenvalue weighted by Crippen LogP contribution is -2.47. The van der Waals surface area contributed by atoms with Gasteiger partial charge in [-0.15, -0.1) is 24.0 Å². The van der Waals surface area contributed by atoms with E-state index in [9.17, 15) is 0 Å². The summed E-state index contributed by atoms with van der Waals surface area (Å²) in [7, 11) is 1.90. The van der Waals surface area contributed by atoms with Crippen molar-refractivity contribution >= 4 is 29.9 Å². The number of nitrogens with one attached hydrogen (secondary N) is 1. The highest BCUT2D eigenvalue weighted by Gasteiger charge is 2.42. The molecule has 4 nitrogen and oxygen atoms in total. The summed E-state index contributed by atoms with van der Waals surface area (Å²) in [4.78, 5) is 6.90. The van der Waals surface area contributed by atoms with E-state index < -0.39 is 0 Å². The molecule has 1 saturated heterocycles. The molecule has 0 spiro atoms. The molecule has 21 heavy (non-hydrogen) atoms. The SMILES string of the molecule is CCOCCC1(CNC(=NC)N2CCCC(C)C2)CC1.I. The molecule has 0 aromatic heterocycles. The summed E-state index contributed by atoms with van der Waals surface area (Å²) in [5.74, 6) is 1.88. The monoisotopic (exact) mass is 409 g/mol. The first-order chi connectivity index (χ1) is 9.69. The molecule has 1 saturated carbocycles. The second-order valence-electron chi connectivity index (χ2n) is 6.54. The van der Waals surface area contributed by atoms with Gasteiger partial charge in [-0.25, -0.2) is 0 Å². The Kier molecular flexibility index (Phi) is 8.31. The van der Waals surface area contributed by atoms with Gasteiger partial charge in [0.25, 0.3) is 0 Å². The molecule has 1 heterocycles. The lowest BCUT2D eigenvalue weighted by atomic mass is 10.0. The first-order valence-electron chi connectivity index (χ1n) is 8.22. The predicted octanol–water partition coefficient (Wildman–Crippen LogP) is 3.12. The van der Waals surface area contributed by atoms with Gasteiger partial charge in [0.05, 0.1) is 0 Å². The topological polar surface area (TPSA) is 36.9 Å². The van der Waals surface area contributed by atoms with Crippen molar-refractivity contribution in [2.24, 2.45) is 16.3 Å². The molecule has 5 heteroatoms. The molecular weight excluding hydrogens is 377 g/mol. The van der Waals surface area contributed by atoms with Gasteiger partial charge in [0.1, 0.15) is 0 Å². The van der Waals surface area contributed by atoms with Gasteiger partial charge >= 0.3 is 0 Å². The van der Waals surface area contributed by atoms with E-state index in [2.05, 4.69) is 29.1 Å². The molecule has 0 bridgehead atoms. The average Bonchev–Trinajstić information content (AvgIpc) is 3.20. The van der Waals surface area contributed by atoms with Gasteiger partial charge in [0.15, 0.2) is 5.96 Å². The molecule has 0 radical (unpaired) electrons. The van der Waals surface area contributed by atoms with Crippen LogP contribution in [0.15, 0.2) is 4.99 Å². The Balaban J connectivity index is 0.00000220. The number of guanidine groups is 1. The Morgan fingerprint density at radius 2 is 2.19 bits per heavy atom. The van der Waals surface area contributed by atoms with E-state index in [0.29, 0.717) is 5.41 Å². The molecular formula is C16H32IN3O. The van der Waals surface area contributed by atoms with Crippen LogP contribution in [-0.2, 0) is 4.74 Å². The summed E-state index contributed by atoms with van der Waals surface area (Å²) in [6, 6.07) is 0. The maximum absolute atomic E-state index is 5.50. The Bertz CT molecular complexity index is 331. The van der Waals surface area contributed by atoms with Gasteiger partial charge in [0, 0.05) is 39.9 Å². The number of hydrogen-bond donors (Lipinski definition) is 1. The van der Waals surface area contributed by atoms with E-state index >= 15 is 0 Å². The molecule has 2 fully saturated rings. The van der Waals surface area contributed by atoms with Crippen LogP contribution in [0.4, 0.5) is 0 Å². The molecule has 0 aromatic rings. The highest BCUT2D eigenvalue weighted by molar-refractivity contribution is 14.0. The van der Waals surface area contributed by atoms with Crippen molar-refractivity contribution in [1.82, 2.24) is 10.2 Å². The van der Waals surface area contributed by atoms with E-state index in [0.717, 1.165) is 44.7 Å². The van der Waals surface area contributed by atoms with Crippen LogP contribution < -0.4 is 5.32 Å². The predicted molar refractivity (Wildman–Crippen MR) is 99.5 cm³/mol. The van der Waals surface area contributed by atoms with E-state index in [-0.39, 0.29) is 24.0 Å². The zero-order valence-electron chi connectivity index (χ0n) is 13.9. The van der Waals surface area contributed by atoms with Crippen molar-refractivity contribution in [2.75, 3.05) is 39.9 Å². The number of halogens is 1. The molecule has 1 unspecified atom stereocenters. The normalized spacial score (nSPS) is 24.4. The summed E-state index contributed by atoms with van der Waals surface area (Å²) in [5, 5.41) is 3.61. The maximum Gasteiger partial charge on any atom is 0.193 e. The van der Waals surface area contributed by atoms with Crippen LogP contribution in [-0.4, -0.2) is 50.8 Å². The number of nitrogens with zero attached hydrogens (tertiary/aromatic N) is 2. The van der Waals surface area contributed by atoms with Crippen molar-refractivity contribution in [3.63, 3.8) is 0 Å². The first-order valence-corrected chi connectivity index (χ1v) is 8.22. The highest BCUT2D eigenvalue weighted by atomic mass is 127. The van der Waals surface area contributed by atoms with Gasteiger partial charge in [0.2, 0.25) is 0 Å². The van der Waals surface area contributed by atoms with E-state index in [1.165, 1.54) is 32.1 Å². The standard InChI is InChI=1S/C16H31N3O.HI/c1-4-20-11-9-16(7-8-16)13-18-15(17-3)19-10-5-6-14(2)12-19;/h14H,4-13H2,1-3H3,(H,17,18);1H. The third kappa shape index (κ3) is 5.93. The number of piperidine rings is 1. The molecule has 2 aliphatic rings. The van der Waals surface area contributed by atoms with Crippen LogP contribution in [0.1, 0.15) is 46.0 Å². The van der Waals surface area contributed by atoms with E-state index in [4.69, 9.17) is 4.74 Å².